The van der Waals surface area contributed by atoms with Gasteiger partial charge in [-0.3, -0.25) is 0 Å². The Labute approximate surface area is 143 Å². The van der Waals surface area contributed by atoms with Crippen molar-refractivity contribution in [2.75, 3.05) is 0 Å². The second-order valence-corrected chi connectivity index (χ2v) is 7.18. The smallest absolute Gasteiger partial charge is 0.233 e. The zero-order valence-electron chi connectivity index (χ0n) is 13.2. The van der Waals surface area contributed by atoms with Gasteiger partial charge in [-0.25, -0.2) is 18.2 Å². The van der Waals surface area contributed by atoms with E-state index in [-0.39, 0.29) is 10.6 Å². The summed E-state index contributed by atoms with van der Waals surface area (Å²) >= 11 is 0. The van der Waals surface area contributed by atoms with Crippen molar-refractivity contribution in [3.63, 3.8) is 0 Å². The van der Waals surface area contributed by atoms with Crippen LogP contribution >= 0.6 is 0 Å². The maximum absolute atomic E-state index is 13.7. The summed E-state index contributed by atoms with van der Waals surface area (Å²) < 4.78 is 51.5. The highest BCUT2D eigenvalue weighted by Gasteiger charge is 2.29. The van der Waals surface area contributed by atoms with E-state index in [0.717, 1.165) is 6.92 Å². The minimum atomic E-state index is -3.83. The Morgan fingerprint density at radius 2 is 1.64 bits per heavy atom. The molecule has 1 heterocycles. The van der Waals surface area contributed by atoms with Gasteiger partial charge in [0.15, 0.2) is 0 Å². The van der Waals surface area contributed by atoms with Crippen LogP contribution in [0.4, 0.5) is 8.78 Å². The third-order valence-electron chi connectivity index (χ3n) is 3.64. The maximum atomic E-state index is 13.7. The molecule has 0 spiro atoms. The number of aromatic nitrogens is 2. The van der Waals surface area contributed by atoms with E-state index in [0.29, 0.717) is 16.9 Å². The summed E-state index contributed by atoms with van der Waals surface area (Å²) in [6.07, 6.45) is 0. The first-order valence-corrected chi connectivity index (χ1v) is 8.88. The van der Waals surface area contributed by atoms with E-state index < -0.39 is 15.9 Å². The monoisotopic (exact) mass is 363 g/mol. The third-order valence-corrected chi connectivity index (χ3v) is 4.57. The molecule has 2 N–H and O–H groups in total. The highest BCUT2D eigenvalue weighted by atomic mass is 32.2. The van der Waals surface area contributed by atoms with E-state index >= 15 is 0 Å². The topological polar surface area (TPSA) is 78.0 Å². The van der Waals surface area contributed by atoms with Gasteiger partial charge in [-0.2, -0.15) is 13.9 Å². The number of hydrogen-bond donors (Lipinski definition) is 1. The van der Waals surface area contributed by atoms with Crippen LogP contribution in [0.5, 0.6) is 0 Å². The van der Waals surface area contributed by atoms with Crippen LogP contribution in [0.3, 0.4) is 0 Å². The molecule has 5 nitrogen and oxygen atoms in total. The molecule has 130 valence electrons. The average molecular weight is 363 g/mol. The van der Waals surface area contributed by atoms with Gasteiger partial charge < -0.3 is 0 Å². The SMILES string of the molecule is CC(F)(F)c1cc(-c2ccccc2)n(-c2ccc(S(N)(=O)=O)cc2)n1. The molecule has 25 heavy (non-hydrogen) atoms. The van der Waals surface area contributed by atoms with E-state index in [1.165, 1.54) is 35.0 Å². The molecule has 3 rings (SSSR count). The van der Waals surface area contributed by atoms with E-state index in [2.05, 4.69) is 5.10 Å². The molecule has 3 aromatic rings. The molecule has 0 aliphatic heterocycles. The van der Waals surface area contributed by atoms with Crippen LogP contribution in [0.1, 0.15) is 12.6 Å². The van der Waals surface area contributed by atoms with Crippen molar-refractivity contribution in [2.24, 2.45) is 5.14 Å². The number of alkyl halides is 2. The van der Waals surface area contributed by atoms with Crippen LogP contribution in [0.15, 0.2) is 65.6 Å². The first-order valence-electron chi connectivity index (χ1n) is 7.33. The van der Waals surface area contributed by atoms with Crippen LogP contribution in [0.2, 0.25) is 0 Å². The molecule has 8 heteroatoms. The molecule has 2 aromatic carbocycles. The van der Waals surface area contributed by atoms with Gasteiger partial charge in [-0.15, -0.1) is 0 Å². The number of hydrogen-bond acceptors (Lipinski definition) is 3. The lowest BCUT2D eigenvalue weighted by atomic mass is 10.1. The Balaban J connectivity index is 2.16. The number of nitrogens with zero attached hydrogens (tertiary/aromatic N) is 2. The number of nitrogens with two attached hydrogens (primary N) is 1. The lowest BCUT2D eigenvalue weighted by Crippen LogP contribution is -2.12. The molecule has 0 atom stereocenters. The van der Waals surface area contributed by atoms with Crippen molar-refractivity contribution in [1.29, 1.82) is 0 Å². The van der Waals surface area contributed by atoms with Gasteiger partial charge in [0.05, 0.1) is 16.3 Å². The molecule has 0 bridgehead atoms. The zero-order valence-corrected chi connectivity index (χ0v) is 14.0. The predicted molar refractivity (Wildman–Crippen MR) is 89.9 cm³/mol. The second-order valence-electron chi connectivity index (χ2n) is 5.62. The minimum Gasteiger partial charge on any atom is -0.233 e. The summed E-state index contributed by atoms with van der Waals surface area (Å²) in [6, 6.07) is 15.8. The Morgan fingerprint density at radius 1 is 1.04 bits per heavy atom. The van der Waals surface area contributed by atoms with Crippen LogP contribution in [-0.4, -0.2) is 18.2 Å². The summed E-state index contributed by atoms with van der Waals surface area (Å²) in [5.41, 5.74) is 1.25. The predicted octanol–water partition coefficient (Wildman–Crippen LogP) is 3.30. The lowest BCUT2D eigenvalue weighted by molar-refractivity contribution is 0.0124. The summed E-state index contributed by atoms with van der Waals surface area (Å²) in [6.45, 7) is 0.776. The zero-order chi connectivity index (χ0) is 18.2. The summed E-state index contributed by atoms with van der Waals surface area (Å²) in [5.74, 6) is -3.10. The van der Waals surface area contributed by atoms with Gasteiger partial charge in [-0.05, 0) is 30.3 Å². The van der Waals surface area contributed by atoms with Crippen molar-refractivity contribution in [1.82, 2.24) is 9.78 Å². The second kappa shape index (κ2) is 6.05. The van der Waals surface area contributed by atoms with Gasteiger partial charge in [0.1, 0.15) is 5.69 Å². The summed E-state index contributed by atoms with van der Waals surface area (Å²) in [7, 11) is -3.83. The maximum Gasteiger partial charge on any atom is 0.288 e. The molecule has 0 saturated carbocycles. The highest BCUT2D eigenvalue weighted by molar-refractivity contribution is 7.89. The van der Waals surface area contributed by atoms with Gasteiger partial charge in [0, 0.05) is 12.5 Å². The normalized spacial score (nSPS) is 12.3. The number of benzene rings is 2. The molecule has 1 aromatic heterocycles. The van der Waals surface area contributed by atoms with Crippen LogP contribution in [0.25, 0.3) is 16.9 Å². The van der Waals surface area contributed by atoms with Crippen LogP contribution in [0, 0.1) is 0 Å². The minimum absolute atomic E-state index is 0.0642. The molecule has 0 aliphatic carbocycles. The summed E-state index contributed by atoms with van der Waals surface area (Å²) in [4.78, 5) is -0.0642. The average Bonchev–Trinajstić information content (AvgIpc) is 3.00. The molecule has 0 radical (unpaired) electrons. The number of sulfonamides is 1. The molecule has 0 fully saturated rings. The summed E-state index contributed by atoms with van der Waals surface area (Å²) in [5, 5.41) is 9.08. The molecule has 0 saturated heterocycles. The fraction of sp³-hybridized carbons (Fsp3) is 0.118. The van der Waals surface area contributed by atoms with E-state index in [1.807, 2.05) is 6.07 Å². The van der Waals surface area contributed by atoms with E-state index in [4.69, 9.17) is 5.14 Å². The van der Waals surface area contributed by atoms with Gasteiger partial charge in [-0.1, -0.05) is 30.3 Å². The molecule has 0 unspecified atom stereocenters. The Kier molecular flexibility index (Phi) is 4.18. The van der Waals surface area contributed by atoms with Gasteiger partial charge in [0.2, 0.25) is 10.0 Å². The Bertz CT molecular complexity index is 993. The highest BCUT2D eigenvalue weighted by Crippen LogP contribution is 2.31. The fourth-order valence-corrected chi connectivity index (χ4v) is 2.90. The molecule has 0 amide bonds. The quantitative estimate of drug-likeness (QED) is 0.772. The van der Waals surface area contributed by atoms with E-state index in [9.17, 15) is 17.2 Å². The van der Waals surface area contributed by atoms with Crippen LogP contribution < -0.4 is 5.14 Å². The lowest BCUT2D eigenvalue weighted by Gasteiger charge is -2.08. The van der Waals surface area contributed by atoms with Crippen molar-refractivity contribution >= 4 is 10.0 Å². The number of rotatable bonds is 4. The first-order chi connectivity index (χ1) is 11.7. The largest absolute Gasteiger partial charge is 0.288 e. The number of primary sulfonamides is 1. The van der Waals surface area contributed by atoms with Crippen molar-refractivity contribution in [3.05, 3.63) is 66.4 Å². The van der Waals surface area contributed by atoms with Crippen molar-refractivity contribution in [3.8, 4) is 16.9 Å². The van der Waals surface area contributed by atoms with Crippen LogP contribution in [-0.2, 0) is 15.9 Å². The third kappa shape index (κ3) is 3.59. The Hall–Kier alpha value is -2.58. The van der Waals surface area contributed by atoms with Crippen molar-refractivity contribution in [2.45, 2.75) is 17.7 Å². The molecular weight excluding hydrogens is 348 g/mol. The fourth-order valence-electron chi connectivity index (χ4n) is 2.38. The molecule has 0 aliphatic rings. The standard InChI is InChI=1S/C17H15F2N3O2S/c1-17(18,19)16-11-15(12-5-3-2-4-6-12)22(21-16)13-7-9-14(10-8-13)25(20,23)24/h2-11H,1H3,(H2,20,23,24). The molecular formula is C17H15F2N3O2S. The Morgan fingerprint density at radius 3 is 2.16 bits per heavy atom. The van der Waals surface area contributed by atoms with E-state index in [1.54, 1.807) is 24.3 Å². The van der Waals surface area contributed by atoms with Gasteiger partial charge in [0.25, 0.3) is 5.92 Å². The van der Waals surface area contributed by atoms with Crippen molar-refractivity contribution < 1.29 is 17.2 Å². The first kappa shape index (κ1) is 17.2. The van der Waals surface area contributed by atoms with Gasteiger partial charge >= 0.3 is 0 Å². The number of halogens is 2.